The van der Waals surface area contributed by atoms with Crippen LogP contribution in [0.15, 0.2) is 4.99 Å². The van der Waals surface area contributed by atoms with Gasteiger partial charge in [0.1, 0.15) is 42.3 Å². The third-order valence-electron chi connectivity index (χ3n) is 10.1. The molecule has 0 aromatic rings. The molecule has 3 heterocycles. The predicted octanol–water partition coefficient (Wildman–Crippen LogP) is -2.84. The van der Waals surface area contributed by atoms with Crippen LogP contribution in [0, 0.1) is 11.8 Å². The Labute approximate surface area is 338 Å². The van der Waals surface area contributed by atoms with Crippen molar-refractivity contribution in [2.24, 2.45) is 28.3 Å². The van der Waals surface area contributed by atoms with E-state index >= 15 is 0 Å². The molecule has 7 atom stereocenters. The maximum atomic E-state index is 14.2. The molecule has 8 amide bonds. The monoisotopic (exact) mass is 819 g/mol. The molecule has 3 saturated heterocycles. The molecule has 0 radical (unpaired) electrons. The minimum Gasteiger partial charge on any atom is -0.481 e. The number of nitrogens with zero attached hydrogens (tertiary/aromatic N) is 3. The Morgan fingerprint density at radius 3 is 1.86 bits per heavy atom. The molecule has 0 saturated carbocycles. The number of carboxylic acids is 1. The first kappa shape index (κ1) is 46.9. The molecule has 0 aromatic carbocycles. The van der Waals surface area contributed by atoms with Crippen molar-refractivity contribution in [1.82, 2.24) is 41.7 Å². The van der Waals surface area contributed by atoms with Crippen molar-refractivity contribution in [1.29, 1.82) is 0 Å². The largest absolute Gasteiger partial charge is 0.481 e. The summed E-state index contributed by atoms with van der Waals surface area (Å²) >= 11 is 0. The van der Waals surface area contributed by atoms with E-state index in [4.69, 9.17) is 11.5 Å². The zero-order chi connectivity index (χ0) is 43.3. The SMILES string of the molecule is CC(C)C[C@@H]1NC(=O)[C@@H]2CCCN2C(=O)[C@H]2CCCN2C(=O)[C@H](CC(C)C)NC(=O)[C@H](CC(=O)O)NC(=O)CNC(=O)[C@H](CCCN=C(N)N)NC(=O)[C@H](C)NC1=O. The first-order chi connectivity index (χ1) is 27.3. The molecule has 324 valence electrons. The molecule has 3 aliphatic heterocycles. The number of aliphatic imine (C=N–C) groups is 1. The van der Waals surface area contributed by atoms with E-state index in [0.29, 0.717) is 25.7 Å². The van der Waals surface area contributed by atoms with Crippen molar-refractivity contribution in [3.05, 3.63) is 0 Å². The Balaban J connectivity index is 2.01. The third-order valence-corrected chi connectivity index (χ3v) is 10.1. The van der Waals surface area contributed by atoms with Gasteiger partial charge in [-0.15, -0.1) is 0 Å². The summed E-state index contributed by atoms with van der Waals surface area (Å²) in [6.45, 7) is 8.52. The molecule has 0 unspecified atom stereocenters. The highest BCUT2D eigenvalue weighted by Crippen LogP contribution is 2.27. The number of aliphatic carboxylic acids is 1. The number of carbonyl (C=O) groups is 9. The van der Waals surface area contributed by atoms with Gasteiger partial charge in [-0.25, -0.2) is 0 Å². The van der Waals surface area contributed by atoms with Crippen molar-refractivity contribution in [3.8, 4) is 0 Å². The van der Waals surface area contributed by atoms with Gasteiger partial charge in [0, 0.05) is 19.6 Å². The number of fused-ring (bicyclic) bond motifs is 2. The normalized spacial score (nSPS) is 27.4. The molecule has 3 rings (SSSR count). The summed E-state index contributed by atoms with van der Waals surface area (Å²) in [6.07, 6.45) is 1.24. The molecule has 0 spiro atoms. The van der Waals surface area contributed by atoms with Gasteiger partial charge in [-0.05, 0) is 70.1 Å². The lowest BCUT2D eigenvalue weighted by atomic mass is 10.0. The minimum absolute atomic E-state index is 0.00747. The van der Waals surface area contributed by atoms with Gasteiger partial charge in [0.05, 0.1) is 13.0 Å². The Hall–Kier alpha value is -5.50. The molecular formula is C37H61N11O10. The molecule has 3 fully saturated rings. The number of hydrogen-bond donors (Lipinski definition) is 9. The van der Waals surface area contributed by atoms with Crippen LogP contribution in [0.1, 0.15) is 92.4 Å². The van der Waals surface area contributed by atoms with Gasteiger partial charge >= 0.3 is 5.97 Å². The van der Waals surface area contributed by atoms with E-state index in [1.54, 1.807) is 0 Å². The van der Waals surface area contributed by atoms with E-state index < -0.39 is 108 Å². The average molecular weight is 820 g/mol. The van der Waals surface area contributed by atoms with Crippen molar-refractivity contribution in [2.45, 2.75) is 135 Å². The lowest BCUT2D eigenvalue weighted by Crippen LogP contribution is -2.60. The van der Waals surface area contributed by atoms with Gasteiger partial charge in [0.2, 0.25) is 47.3 Å². The van der Waals surface area contributed by atoms with E-state index in [9.17, 15) is 48.3 Å². The predicted molar refractivity (Wildman–Crippen MR) is 209 cm³/mol. The van der Waals surface area contributed by atoms with E-state index in [1.165, 1.54) is 16.7 Å². The van der Waals surface area contributed by atoms with Gasteiger partial charge in [0.15, 0.2) is 5.96 Å². The first-order valence-corrected chi connectivity index (χ1v) is 20.0. The Morgan fingerprint density at radius 1 is 0.707 bits per heavy atom. The van der Waals surface area contributed by atoms with Gasteiger partial charge in [-0.3, -0.25) is 48.1 Å². The average Bonchev–Trinajstić information content (AvgIpc) is 3.83. The van der Waals surface area contributed by atoms with Crippen LogP contribution in [-0.4, -0.2) is 143 Å². The van der Waals surface area contributed by atoms with Crippen LogP contribution < -0.4 is 43.4 Å². The Bertz CT molecular complexity index is 1580. The number of guanidine groups is 1. The van der Waals surface area contributed by atoms with Crippen molar-refractivity contribution in [2.75, 3.05) is 26.2 Å². The second-order valence-corrected chi connectivity index (χ2v) is 15.9. The smallest absolute Gasteiger partial charge is 0.305 e. The highest BCUT2D eigenvalue weighted by atomic mass is 16.4. The van der Waals surface area contributed by atoms with Gasteiger partial charge < -0.3 is 58.3 Å². The summed E-state index contributed by atoms with van der Waals surface area (Å²) in [5, 5.41) is 24.8. The molecule has 3 aliphatic rings. The molecule has 0 bridgehead atoms. The highest BCUT2D eigenvalue weighted by Gasteiger charge is 2.44. The standard InChI is InChI=1S/C37H61N11O10/c1-19(2)15-23-32(54)42-21(5)30(52)44-22(9-6-12-40-37(38)39)31(53)41-18-28(49)43-24(17-29(50)51)33(55)46-25(16-20(3)4)35(57)48-14-8-11-27(48)36(58)47-13-7-10-26(47)34(56)45-23/h19-27H,6-18H2,1-5H3,(H,41,53)(H,42,54)(H,43,49)(H,44,52)(H,45,56)(H,46,55)(H,50,51)(H4,38,39,40)/t21-,22-,23-,24-,25-,26-,27+/m0/s1. The molecule has 58 heavy (non-hydrogen) atoms. The van der Waals surface area contributed by atoms with Gasteiger partial charge in [-0.1, -0.05) is 27.7 Å². The first-order valence-electron chi connectivity index (χ1n) is 20.0. The fourth-order valence-electron chi connectivity index (χ4n) is 7.29. The van der Waals surface area contributed by atoms with Crippen LogP contribution >= 0.6 is 0 Å². The number of nitrogens with one attached hydrogen (secondary N) is 6. The zero-order valence-corrected chi connectivity index (χ0v) is 34.0. The summed E-state index contributed by atoms with van der Waals surface area (Å²) in [4.78, 5) is 128. The maximum absolute atomic E-state index is 14.2. The topological polar surface area (TPSA) is 317 Å². The molecule has 0 aliphatic carbocycles. The number of nitrogens with two attached hydrogens (primary N) is 2. The zero-order valence-electron chi connectivity index (χ0n) is 34.0. The number of carboxylic acid groups (broad SMARTS) is 1. The molecule has 21 nitrogen and oxygen atoms in total. The summed E-state index contributed by atoms with van der Waals surface area (Å²) in [5.41, 5.74) is 10.8. The lowest BCUT2D eigenvalue weighted by Gasteiger charge is -2.34. The summed E-state index contributed by atoms with van der Waals surface area (Å²) in [7, 11) is 0. The fourth-order valence-corrected chi connectivity index (χ4v) is 7.29. The van der Waals surface area contributed by atoms with Crippen molar-refractivity contribution < 1.29 is 48.3 Å². The van der Waals surface area contributed by atoms with E-state index in [0.717, 1.165) is 0 Å². The number of amides is 8. The Morgan fingerprint density at radius 2 is 1.26 bits per heavy atom. The van der Waals surface area contributed by atoms with E-state index in [1.807, 2.05) is 27.7 Å². The van der Waals surface area contributed by atoms with Crippen LogP contribution in [-0.2, 0) is 43.2 Å². The van der Waals surface area contributed by atoms with Crippen LogP contribution in [0.3, 0.4) is 0 Å². The van der Waals surface area contributed by atoms with E-state index in [-0.39, 0.29) is 63.1 Å². The van der Waals surface area contributed by atoms with Crippen LogP contribution in [0.2, 0.25) is 0 Å². The van der Waals surface area contributed by atoms with Crippen LogP contribution in [0.25, 0.3) is 0 Å². The third kappa shape index (κ3) is 13.9. The van der Waals surface area contributed by atoms with Crippen molar-refractivity contribution in [3.63, 3.8) is 0 Å². The number of rotatable bonds is 10. The van der Waals surface area contributed by atoms with Crippen LogP contribution in [0.4, 0.5) is 0 Å². The Kier molecular flexibility index (Phi) is 17.7. The summed E-state index contributed by atoms with van der Waals surface area (Å²) < 4.78 is 0. The number of hydrogen-bond acceptors (Lipinski definition) is 10. The quantitative estimate of drug-likeness (QED) is 0.0612. The molecule has 11 N–H and O–H groups in total. The summed E-state index contributed by atoms with van der Waals surface area (Å²) in [5.74, 6) is -7.57. The van der Waals surface area contributed by atoms with Crippen LogP contribution in [0.5, 0.6) is 0 Å². The maximum Gasteiger partial charge on any atom is 0.305 e. The fraction of sp³-hybridized carbons (Fsp3) is 0.730. The summed E-state index contributed by atoms with van der Waals surface area (Å²) in [6, 6.07) is -8.29. The highest BCUT2D eigenvalue weighted by molar-refractivity contribution is 5.99. The second-order valence-electron chi connectivity index (χ2n) is 15.9. The van der Waals surface area contributed by atoms with E-state index in [2.05, 4.69) is 36.9 Å². The lowest BCUT2D eigenvalue weighted by molar-refractivity contribution is -0.148. The second kappa shape index (κ2) is 21.9. The minimum atomic E-state index is -1.66. The molecule has 0 aromatic heterocycles. The van der Waals surface area contributed by atoms with Gasteiger partial charge in [-0.2, -0.15) is 0 Å². The molecular weight excluding hydrogens is 758 g/mol. The van der Waals surface area contributed by atoms with Gasteiger partial charge in [0.25, 0.3) is 0 Å². The molecule has 21 heteroatoms. The number of carbonyl (C=O) groups excluding carboxylic acids is 8. The van der Waals surface area contributed by atoms with Crippen molar-refractivity contribution >= 4 is 59.2 Å².